The van der Waals surface area contributed by atoms with Crippen molar-refractivity contribution in [3.8, 4) is 5.75 Å². The molecule has 0 bridgehead atoms. The molecule has 0 amide bonds. The number of hydrogen-bond acceptors (Lipinski definition) is 4. The van der Waals surface area contributed by atoms with Crippen molar-refractivity contribution in [2.45, 2.75) is 53.5 Å². The van der Waals surface area contributed by atoms with Crippen LogP contribution in [0.5, 0.6) is 5.75 Å². The van der Waals surface area contributed by atoms with Crippen LogP contribution in [0.4, 0.5) is 0 Å². The fraction of sp³-hybridized carbons (Fsp3) is 0.667. The molecule has 0 unspecified atom stereocenters. The van der Waals surface area contributed by atoms with Crippen LogP contribution in [0.25, 0.3) is 5.70 Å². The zero-order valence-electron chi connectivity index (χ0n) is 19.4. The summed E-state index contributed by atoms with van der Waals surface area (Å²) < 4.78 is 5.46. The van der Waals surface area contributed by atoms with Gasteiger partial charge in [-0.2, -0.15) is 0 Å². The quantitative estimate of drug-likeness (QED) is 0.740. The van der Waals surface area contributed by atoms with Crippen LogP contribution in [-0.4, -0.2) is 74.2 Å². The first kappa shape index (κ1) is 24.5. The van der Waals surface area contributed by atoms with E-state index in [-0.39, 0.29) is 0 Å². The first-order valence-corrected chi connectivity index (χ1v) is 11.1. The van der Waals surface area contributed by atoms with Crippen LogP contribution in [0.2, 0.25) is 0 Å². The number of ether oxygens (including phenoxy) is 1. The molecule has 160 valence electrons. The van der Waals surface area contributed by atoms with Gasteiger partial charge in [0.15, 0.2) is 0 Å². The smallest absolute Gasteiger partial charge is 0.122 e. The summed E-state index contributed by atoms with van der Waals surface area (Å²) in [5.41, 5.74) is 3.48. The third-order valence-electron chi connectivity index (χ3n) is 5.64. The fourth-order valence-corrected chi connectivity index (χ4v) is 3.87. The van der Waals surface area contributed by atoms with Crippen molar-refractivity contribution in [3.05, 3.63) is 35.9 Å². The van der Waals surface area contributed by atoms with Crippen LogP contribution < -0.4 is 4.74 Å². The SMILES string of the molecule is C=C(c1ccc(C)c(OC)c1)N1CCC(N2CCN(C)CC2)CC1.CC.CC. The predicted molar refractivity (Wildman–Crippen MR) is 123 cm³/mol. The van der Waals surface area contributed by atoms with Crippen LogP contribution >= 0.6 is 0 Å². The lowest BCUT2D eigenvalue weighted by Crippen LogP contribution is -2.52. The second-order valence-electron chi connectivity index (χ2n) is 7.19. The number of piperazine rings is 1. The van der Waals surface area contributed by atoms with Gasteiger partial charge in [0.05, 0.1) is 7.11 Å². The number of aryl methyl sites for hydroxylation is 1. The van der Waals surface area contributed by atoms with Gasteiger partial charge in [0.1, 0.15) is 5.75 Å². The first-order valence-electron chi connectivity index (χ1n) is 11.1. The Morgan fingerprint density at radius 3 is 2.07 bits per heavy atom. The highest BCUT2D eigenvalue weighted by Crippen LogP contribution is 2.28. The average Bonchev–Trinajstić information content (AvgIpc) is 2.77. The minimum atomic E-state index is 0.746. The Balaban J connectivity index is 0.000000921. The first-order chi connectivity index (χ1) is 13.6. The molecule has 2 aliphatic rings. The van der Waals surface area contributed by atoms with Crippen molar-refractivity contribution in [3.63, 3.8) is 0 Å². The molecule has 0 saturated carbocycles. The van der Waals surface area contributed by atoms with Gasteiger partial charge in [-0.25, -0.2) is 0 Å². The molecular formula is C24H43N3O. The number of methoxy groups -OCH3 is 1. The number of benzene rings is 1. The summed E-state index contributed by atoms with van der Waals surface area (Å²) in [6.07, 6.45) is 2.48. The normalized spacial score (nSPS) is 18.5. The highest BCUT2D eigenvalue weighted by atomic mass is 16.5. The van der Waals surface area contributed by atoms with E-state index in [0.717, 1.165) is 30.6 Å². The lowest BCUT2D eigenvalue weighted by Gasteiger charge is -2.43. The average molecular weight is 390 g/mol. The monoisotopic (exact) mass is 389 g/mol. The van der Waals surface area contributed by atoms with E-state index in [4.69, 9.17) is 4.74 Å². The summed E-state index contributed by atoms with van der Waals surface area (Å²) in [7, 11) is 3.95. The summed E-state index contributed by atoms with van der Waals surface area (Å²) in [5.74, 6) is 0.945. The largest absolute Gasteiger partial charge is 0.496 e. The zero-order valence-corrected chi connectivity index (χ0v) is 19.4. The molecule has 4 heteroatoms. The topological polar surface area (TPSA) is 19.0 Å². The van der Waals surface area contributed by atoms with Crippen molar-refractivity contribution < 1.29 is 4.74 Å². The fourth-order valence-electron chi connectivity index (χ4n) is 3.87. The number of rotatable bonds is 4. The van der Waals surface area contributed by atoms with Crippen molar-refractivity contribution >= 4 is 5.70 Å². The van der Waals surface area contributed by atoms with Gasteiger partial charge in [0, 0.05) is 56.6 Å². The molecule has 0 radical (unpaired) electrons. The molecule has 3 rings (SSSR count). The molecule has 28 heavy (non-hydrogen) atoms. The maximum absolute atomic E-state index is 5.46. The summed E-state index contributed by atoms with van der Waals surface area (Å²) in [5, 5.41) is 0. The van der Waals surface area contributed by atoms with Crippen LogP contribution in [0.3, 0.4) is 0 Å². The molecule has 0 atom stereocenters. The highest BCUT2D eigenvalue weighted by molar-refractivity contribution is 5.64. The van der Waals surface area contributed by atoms with Crippen molar-refractivity contribution in [1.82, 2.24) is 14.7 Å². The highest BCUT2D eigenvalue weighted by Gasteiger charge is 2.27. The van der Waals surface area contributed by atoms with E-state index < -0.39 is 0 Å². The molecular weight excluding hydrogens is 346 g/mol. The zero-order chi connectivity index (χ0) is 21.1. The van der Waals surface area contributed by atoms with E-state index in [1.54, 1.807) is 7.11 Å². The maximum Gasteiger partial charge on any atom is 0.122 e. The standard InChI is InChI=1S/C20H31N3O.2C2H6/c1-16-5-6-18(15-20(16)24-4)17(2)22-9-7-19(8-10-22)23-13-11-21(3)12-14-23;2*1-2/h5-6,15,19H,2,7-14H2,1,3-4H3;2*1-2H3. The van der Waals surface area contributed by atoms with E-state index in [1.165, 1.54) is 50.1 Å². The Hall–Kier alpha value is -1.52. The third kappa shape index (κ3) is 6.52. The molecule has 4 nitrogen and oxygen atoms in total. The minimum Gasteiger partial charge on any atom is -0.496 e. The number of nitrogens with zero attached hydrogens (tertiary/aromatic N) is 3. The maximum atomic E-state index is 5.46. The van der Waals surface area contributed by atoms with Crippen LogP contribution in [0.1, 0.15) is 51.7 Å². The van der Waals surface area contributed by atoms with Gasteiger partial charge in [-0.15, -0.1) is 0 Å². The van der Waals surface area contributed by atoms with E-state index >= 15 is 0 Å². The number of likely N-dealkylation sites (N-methyl/N-ethyl adjacent to an activating group) is 1. The Morgan fingerprint density at radius 1 is 0.964 bits per heavy atom. The molecule has 0 spiro atoms. The van der Waals surface area contributed by atoms with E-state index in [2.05, 4.69) is 53.4 Å². The van der Waals surface area contributed by atoms with Gasteiger partial charge in [-0.3, -0.25) is 4.90 Å². The van der Waals surface area contributed by atoms with Gasteiger partial charge in [-0.05, 0) is 38.4 Å². The second-order valence-corrected chi connectivity index (χ2v) is 7.19. The summed E-state index contributed by atoms with van der Waals surface area (Å²) in [6, 6.07) is 7.14. The Labute approximate surface area is 174 Å². The number of likely N-dealkylation sites (tertiary alicyclic amines) is 1. The van der Waals surface area contributed by atoms with Gasteiger partial charge in [0.25, 0.3) is 0 Å². The second kappa shape index (κ2) is 12.8. The van der Waals surface area contributed by atoms with E-state index in [1.807, 2.05) is 27.7 Å². The Kier molecular flexibility index (Phi) is 11.2. The summed E-state index contributed by atoms with van der Waals surface area (Å²) in [4.78, 5) is 7.56. The third-order valence-corrected chi connectivity index (χ3v) is 5.64. The lowest BCUT2D eigenvalue weighted by atomic mass is 10.00. The molecule has 2 heterocycles. The number of hydrogen-bond donors (Lipinski definition) is 0. The van der Waals surface area contributed by atoms with Crippen LogP contribution in [-0.2, 0) is 0 Å². The molecule has 0 aromatic heterocycles. The summed E-state index contributed by atoms with van der Waals surface area (Å²) in [6.45, 7) is 21.5. The molecule has 2 fully saturated rings. The molecule has 1 aromatic carbocycles. The molecule has 0 aliphatic carbocycles. The molecule has 2 aliphatic heterocycles. The van der Waals surface area contributed by atoms with Gasteiger partial charge >= 0.3 is 0 Å². The van der Waals surface area contributed by atoms with Gasteiger partial charge in [-0.1, -0.05) is 46.4 Å². The van der Waals surface area contributed by atoms with Crippen molar-refractivity contribution in [1.29, 1.82) is 0 Å². The van der Waals surface area contributed by atoms with Gasteiger partial charge < -0.3 is 14.5 Å². The van der Waals surface area contributed by atoms with Crippen molar-refractivity contribution in [2.75, 3.05) is 53.4 Å². The van der Waals surface area contributed by atoms with E-state index in [9.17, 15) is 0 Å². The Bertz CT molecular complexity index is 571. The Morgan fingerprint density at radius 2 is 1.54 bits per heavy atom. The van der Waals surface area contributed by atoms with Gasteiger partial charge in [0.2, 0.25) is 0 Å². The molecule has 0 N–H and O–H groups in total. The summed E-state index contributed by atoms with van der Waals surface area (Å²) >= 11 is 0. The number of piperidine rings is 1. The molecule has 1 aromatic rings. The molecule has 2 saturated heterocycles. The van der Waals surface area contributed by atoms with Crippen LogP contribution in [0.15, 0.2) is 24.8 Å². The van der Waals surface area contributed by atoms with Crippen molar-refractivity contribution in [2.24, 2.45) is 0 Å². The lowest BCUT2D eigenvalue weighted by molar-refractivity contribution is 0.0802. The van der Waals surface area contributed by atoms with Crippen LogP contribution in [0, 0.1) is 6.92 Å². The minimum absolute atomic E-state index is 0.746. The van der Waals surface area contributed by atoms with E-state index in [0.29, 0.717) is 0 Å². The predicted octanol–water partition coefficient (Wildman–Crippen LogP) is 4.74.